The highest BCUT2D eigenvalue weighted by Gasteiger charge is 2.31. The number of aromatic nitrogens is 2. The molecule has 14 heteroatoms. The number of primary amides is 1. The molecule has 0 saturated heterocycles. The van der Waals surface area contributed by atoms with Gasteiger partial charge < -0.3 is 33.5 Å². The number of carboxylic acid groups (broad SMARTS) is 1. The number of carbonyl (C=O) groups is 1. The Kier molecular flexibility index (Phi) is 17.5. The van der Waals surface area contributed by atoms with Gasteiger partial charge in [0.25, 0.3) is 0 Å². The highest BCUT2D eigenvalue weighted by Crippen LogP contribution is 2.66. The van der Waals surface area contributed by atoms with E-state index in [1.807, 2.05) is 46.3 Å². The summed E-state index contributed by atoms with van der Waals surface area (Å²) in [6.07, 6.45) is 4.30. The van der Waals surface area contributed by atoms with E-state index in [0.717, 1.165) is 0 Å². The van der Waals surface area contributed by atoms with Crippen molar-refractivity contribution in [3.8, 4) is 0 Å². The minimum atomic E-state index is -2.87. The fourth-order valence-electron chi connectivity index (χ4n) is 2.33. The first-order valence-corrected chi connectivity index (χ1v) is 15.7. The van der Waals surface area contributed by atoms with Crippen LogP contribution in [0.25, 0.3) is 0 Å². The van der Waals surface area contributed by atoms with Gasteiger partial charge in [0.15, 0.2) is 0 Å². The zero-order chi connectivity index (χ0) is 26.0. The van der Waals surface area contributed by atoms with E-state index in [0.29, 0.717) is 32.5 Å². The van der Waals surface area contributed by atoms with Gasteiger partial charge in [-0.2, -0.15) is 0 Å². The highest BCUT2D eigenvalue weighted by atomic mass is 32.5. The predicted octanol–water partition coefficient (Wildman–Crippen LogP) is 5.71. The molecule has 0 spiro atoms. The Bertz CT molecular complexity index is 838. The summed E-state index contributed by atoms with van der Waals surface area (Å²) in [5, 5.41) is 7.19. The molecule has 0 fully saturated rings. The molecule has 0 aliphatic heterocycles. The Balaban J connectivity index is 0.000000564. The number of nitrogens with two attached hydrogens (primary N) is 1. The second-order valence-corrected chi connectivity index (χ2v) is 12.2. The highest BCUT2D eigenvalue weighted by molar-refractivity contribution is 8.14. The fraction of sp³-hybridized carbons (Fsp3) is 0.500. The smallest absolute Gasteiger partial charge is 0.402 e. The van der Waals surface area contributed by atoms with Crippen molar-refractivity contribution >= 4 is 43.1 Å². The number of benzene rings is 1. The number of hydrogen-bond donors (Lipinski definition) is 2. The van der Waals surface area contributed by atoms with Crippen molar-refractivity contribution in [1.82, 2.24) is 9.55 Å². The summed E-state index contributed by atoms with van der Waals surface area (Å²) >= 11 is 10.4. The molecule has 1 unspecified atom stereocenters. The van der Waals surface area contributed by atoms with E-state index < -0.39 is 19.5 Å². The van der Waals surface area contributed by atoms with E-state index in [9.17, 15) is 0 Å². The largest absolute Gasteiger partial charge is 0.465 e. The molecular weight excluding hydrogens is 520 g/mol. The van der Waals surface area contributed by atoms with E-state index in [-0.39, 0.29) is 0 Å². The second-order valence-electron chi connectivity index (χ2n) is 6.08. The van der Waals surface area contributed by atoms with Crippen molar-refractivity contribution in [3.05, 3.63) is 54.6 Å². The summed E-state index contributed by atoms with van der Waals surface area (Å²) in [6.45, 7) is 5.25. The van der Waals surface area contributed by atoms with Gasteiger partial charge in [-0.05, 0) is 63.8 Å². The number of hydrogen-bond acceptors (Lipinski definition) is 9. The molecule has 0 aliphatic rings. The van der Waals surface area contributed by atoms with Crippen LogP contribution in [0.2, 0.25) is 0 Å². The third-order valence-electron chi connectivity index (χ3n) is 3.60. The molecule has 1 aromatic heterocycles. The summed E-state index contributed by atoms with van der Waals surface area (Å²) in [5.41, 5.74) is 5.33. The predicted molar refractivity (Wildman–Crippen MR) is 141 cm³/mol. The monoisotopic (exact) mass is 555 g/mol. The minimum absolute atomic E-state index is 0.365. The Morgan fingerprint density at radius 3 is 1.74 bits per heavy atom. The Morgan fingerprint density at radius 2 is 1.41 bits per heavy atom. The molecule has 0 saturated carbocycles. The lowest BCUT2D eigenvalue weighted by molar-refractivity contribution is 0.176. The molecule has 34 heavy (non-hydrogen) atoms. The number of amides is 1. The van der Waals surface area contributed by atoms with Gasteiger partial charge in [0.05, 0.1) is 38.8 Å². The van der Waals surface area contributed by atoms with Crippen LogP contribution >= 0.6 is 13.4 Å². The zero-order valence-corrected chi connectivity index (χ0v) is 23.5. The standard InChI is InChI=1S/C11H12N2.C8H20O5P2S2.CH3NO2/c1-10(13-8-7-12-9-13)11-5-3-2-4-6-11;1-5-9-14(16,10-6-2)13-15(17,11-7-3)12-8-4;2-1(3)4/h2-10H,1H3;5-8H2,1-4H3;2H2,(H,3,4). The van der Waals surface area contributed by atoms with Crippen LogP contribution in [0.1, 0.15) is 46.2 Å². The van der Waals surface area contributed by atoms with Crippen LogP contribution in [0.4, 0.5) is 4.79 Å². The van der Waals surface area contributed by atoms with Gasteiger partial charge in [-0.25, -0.2) is 14.1 Å². The van der Waals surface area contributed by atoms with Crippen LogP contribution in [0.5, 0.6) is 0 Å². The van der Waals surface area contributed by atoms with Crippen molar-refractivity contribution < 1.29 is 32.3 Å². The molecular formula is C20H35N3O7P2S2. The molecule has 1 atom stereocenters. The Labute approximate surface area is 212 Å². The molecule has 1 aromatic carbocycles. The van der Waals surface area contributed by atoms with E-state index in [2.05, 4.69) is 46.5 Å². The number of nitrogens with zero attached hydrogens (tertiary/aromatic N) is 2. The van der Waals surface area contributed by atoms with Crippen LogP contribution in [0, 0.1) is 0 Å². The van der Waals surface area contributed by atoms with Crippen LogP contribution in [0.3, 0.4) is 0 Å². The van der Waals surface area contributed by atoms with Crippen molar-refractivity contribution in [2.75, 3.05) is 26.4 Å². The fourth-order valence-corrected chi connectivity index (χ4v) is 8.70. The average molecular weight is 556 g/mol. The lowest BCUT2D eigenvalue weighted by atomic mass is 10.1. The van der Waals surface area contributed by atoms with Gasteiger partial charge in [-0.15, -0.1) is 0 Å². The van der Waals surface area contributed by atoms with Gasteiger partial charge in [0, 0.05) is 12.4 Å². The quantitative estimate of drug-likeness (QED) is 0.314. The maximum atomic E-state index is 8.78. The average Bonchev–Trinajstić information content (AvgIpc) is 3.29. The lowest BCUT2D eigenvalue weighted by Crippen LogP contribution is -2.03. The summed E-state index contributed by atoms with van der Waals surface area (Å²) in [5.74, 6) is 0. The topological polar surface area (TPSA) is 127 Å². The molecule has 0 radical (unpaired) electrons. The molecule has 0 bridgehead atoms. The van der Waals surface area contributed by atoms with Crippen LogP contribution in [-0.4, -0.2) is 47.2 Å². The van der Waals surface area contributed by atoms with Gasteiger partial charge >= 0.3 is 19.5 Å². The van der Waals surface area contributed by atoms with Crippen molar-refractivity contribution in [3.63, 3.8) is 0 Å². The number of rotatable bonds is 12. The maximum absolute atomic E-state index is 8.78. The van der Waals surface area contributed by atoms with Crippen LogP contribution < -0.4 is 5.73 Å². The normalized spacial score (nSPS) is 12.0. The molecule has 3 N–H and O–H groups in total. The van der Waals surface area contributed by atoms with E-state index in [4.69, 9.17) is 55.9 Å². The van der Waals surface area contributed by atoms with Gasteiger partial charge in [-0.1, -0.05) is 30.3 Å². The van der Waals surface area contributed by atoms with E-state index in [1.165, 1.54) is 5.56 Å². The lowest BCUT2D eigenvalue weighted by Gasteiger charge is -2.27. The molecule has 1 heterocycles. The first-order chi connectivity index (χ1) is 16.1. The summed E-state index contributed by atoms with van der Waals surface area (Å²) in [6, 6.07) is 10.8. The first-order valence-electron chi connectivity index (χ1n) is 10.6. The first kappa shape index (κ1) is 32.8. The van der Waals surface area contributed by atoms with Gasteiger partial charge in [0.2, 0.25) is 0 Å². The van der Waals surface area contributed by atoms with Gasteiger partial charge in [0.1, 0.15) is 0 Å². The second kappa shape index (κ2) is 18.1. The third kappa shape index (κ3) is 14.3. The Morgan fingerprint density at radius 1 is 1.00 bits per heavy atom. The molecule has 2 aromatic rings. The van der Waals surface area contributed by atoms with Gasteiger partial charge in [-0.3, -0.25) is 0 Å². The van der Waals surface area contributed by atoms with Crippen molar-refractivity contribution in [2.24, 2.45) is 5.73 Å². The maximum Gasteiger partial charge on any atom is 0.402 e. The Hall–Kier alpha value is -1.20. The molecule has 2 rings (SSSR count). The van der Waals surface area contributed by atoms with Crippen molar-refractivity contribution in [2.45, 2.75) is 40.7 Å². The summed E-state index contributed by atoms with van der Waals surface area (Å²) in [4.78, 5) is 12.8. The molecule has 0 aliphatic carbocycles. The zero-order valence-electron chi connectivity index (χ0n) is 20.1. The SMILES string of the molecule is CC(c1ccccc1)n1ccnc1.CCOP(=S)(OCC)OP(=S)(OCC)OCC.NC(=O)O. The van der Waals surface area contributed by atoms with Crippen molar-refractivity contribution in [1.29, 1.82) is 0 Å². The molecule has 10 nitrogen and oxygen atoms in total. The third-order valence-corrected chi connectivity index (χ3v) is 9.97. The minimum Gasteiger partial charge on any atom is -0.465 e. The molecule has 1 amide bonds. The number of imidazole rings is 1. The molecule has 194 valence electrons. The summed E-state index contributed by atoms with van der Waals surface area (Å²) < 4.78 is 29.0. The van der Waals surface area contributed by atoms with E-state index in [1.54, 1.807) is 6.20 Å². The van der Waals surface area contributed by atoms with Crippen LogP contribution in [0.15, 0.2) is 49.1 Å². The van der Waals surface area contributed by atoms with Crippen LogP contribution in [-0.2, 0) is 46.0 Å². The summed E-state index contributed by atoms with van der Waals surface area (Å²) in [7, 11) is 0. The van der Waals surface area contributed by atoms with E-state index >= 15 is 0 Å².